The van der Waals surface area contributed by atoms with Crippen LogP contribution in [0.3, 0.4) is 0 Å². The average Bonchev–Trinajstić information content (AvgIpc) is 3.09. The monoisotopic (exact) mass is 292 g/mol. The highest BCUT2D eigenvalue weighted by molar-refractivity contribution is 5.82. The van der Waals surface area contributed by atoms with Crippen LogP contribution in [-0.4, -0.2) is 59.0 Å². The Kier molecular flexibility index (Phi) is 4.26. The molecule has 2 aliphatic heterocycles. The van der Waals surface area contributed by atoms with Crippen molar-refractivity contribution in [3.05, 3.63) is 17.5 Å². The highest BCUT2D eigenvalue weighted by Gasteiger charge is 2.31. The molecule has 1 aromatic heterocycles. The maximum atomic E-state index is 12.5. The number of hydrogen-bond acceptors (Lipinski definition) is 4. The van der Waals surface area contributed by atoms with Crippen LogP contribution in [0.2, 0.25) is 0 Å². The van der Waals surface area contributed by atoms with Crippen molar-refractivity contribution < 1.29 is 9.53 Å². The number of aromatic nitrogens is 2. The minimum Gasteiger partial charge on any atom is -0.373 e. The summed E-state index contributed by atoms with van der Waals surface area (Å²) in [5, 5.41) is 7.75. The number of nitrogens with zero attached hydrogens (tertiary/aromatic N) is 3. The molecule has 21 heavy (non-hydrogen) atoms. The minimum atomic E-state index is 0.0115. The van der Waals surface area contributed by atoms with E-state index in [1.807, 2.05) is 23.4 Å². The Bertz CT molecular complexity index is 508. The fourth-order valence-corrected chi connectivity index (χ4v) is 3.20. The normalized spacial score (nSPS) is 26.3. The van der Waals surface area contributed by atoms with E-state index in [2.05, 4.69) is 16.5 Å². The van der Waals surface area contributed by atoms with Gasteiger partial charge in [-0.2, -0.15) is 5.10 Å². The maximum Gasteiger partial charge on any atom is 0.239 e. The number of ether oxygens (including phenoxy) is 1. The number of rotatable bonds is 3. The van der Waals surface area contributed by atoms with Gasteiger partial charge in [-0.3, -0.25) is 9.48 Å². The van der Waals surface area contributed by atoms with E-state index < -0.39 is 0 Å². The molecule has 6 heteroatoms. The second-order valence-corrected chi connectivity index (χ2v) is 6.04. The molecule has 1 amide bonds. The number of hydrogen-bond donors (Lipinski definition) is 1. The first-order valence-corrected chi connectivity index (χ1v) is 7.78. The Balaban J connectivity index is 1.60. The molecule has 0 saturated carbocycles. The van der Waals surface area contributed by atoms with E-state index in [4.69, 9.17) is 4.74 Å². The molecule has 2 atom stereocenters. The summed E-state index contributed by atoms with van der Waals surface area (Å²) in [5.74, 6) is 0.231. The number of carbonyl (C=O) groups excluding carboxylic acids is 1. The second kappa shape index (κ2) is 6.15. The molecule has 0 spiro atoms. The van der Waals surface area contributed by atoms with Crippen molar-refractivity contribution in [1.82, 2.24) is 20.0 Å². The largest absolute Gasteiger partial charge is 0.373 e. The number of morpholine rings is 1. The summed E-state index contributed by atoms with van der Waals surface area (Å²) in [6, 6.07) is 2.08. The first kappa shape index (κ1) is 14.5. The van der Waals surface area contributed by atoms with E-state index in [-0.39, 0.29) is 18.1 Å². The van der Waals surface area contributed by atoms with Gasteiger partial charge in [0.2, 0.25) is 5.91 Å². The van der Waals surface area contributed by atoms with Crippen LogP contribution in [0.5, 0.6) is 0 Å². The molecular weight excluding hydrogens is 268 g/mol. The van der Waals surface area contributed by atoms with Crippen molar-refractivity contribution >= 4 is 5.91 Å². The lowest BCUT2D eigenvalue weighted by Crippen LogP contribution is -2.52. The Morgan fingerprint density at radius 1 is 1.52 bits per heavy atom. The van der Waals surface area contributed by atoms with Crippen LogP contribution in [-0.2, 0) is 16.1 Å². The number of aryl methyl sites for hydroxylation is 2. The van der Waals surface area contributed by atoms with E-state index in [0.29, 0.717) is 26.2 Å². The van der Waals surface area contributed by atoms with Gasteiger partial charge in [-0.25, -0.2) is 0 Å². The minimum absolute atomic E-state index is 0.0115. The molecule has 3 rings (SSSR count). The van der Waals surface area contributed by atoms with Crippen LogP contribution in [0.25, 0.3) is 0 Å². The Hall–Kier alpha value is -1.40. The van der Waals surface area contributed by atoms with Crippen molar-refractivity contribution in [2.45, 2.75) is 45.4 Å². The highest BCUT2D eigenvalue weighted by atomic mass is 16.5. The summed E-state index contributed by atoms with van der Waals surface area (Å²) >= 11 is 0. The molecule has 2 aliphatic rings. The van der Waals surface area contributed by atoms with Gasteiger partial charge in [0.1, 0.15) is 0 Å². The third-order valence-electron chi connectivity index (χ3n) is 4.29. The topological polar surface area (TPSA) is 59.4 Å². The summed E-state index contributed by atoms with van der Waals surface area (Å²) in [6.45, 7) is 7.68. The first-order chi connectivity index (χ1) is 10.1. The lowest BCUT2D eigenvalue weighted by atomic mass is 10.1. The molecule has 6 nitrogen and oxygen atoms in total. The smallest absolute Gasteiger partial charge is 0.239 e. The zero-order valence-corrected chi connectivity index (χ0v) is 12.8. The lowest BCUT2D eigenvalue weighted by molar-refractivity contribution is -0.141. The quantitative estimate of drug-likeness (QED) is 0.880. The predicted molar refractivity (Wildman–Crippen MR) is 79.0 cm³/mol. The van der Waals surface area contributed by atoms with E-state index in [1.54, 1.807) is 0 Å². The summed E-state index contributed by atoms with van der Waals surface area (Å²) < 4.78 is 7.79. The van der Waals surface area contributed by atoms with Crippen molar-refractivity contribution in [3.8, 4) is 0 Å². The van der Waals surface area contributed by atoms with E-state index >= 15 is 0 Å². The summed E-state index contributed by atoms with van der Waals surface area (Å²) in [4.78, 5) is 14.4. The molecule has 2 unspecified atom stereocenters. The van der Waals surface area contributed by atoms with Crippen LogP contribution < -0.4 is 5.32 Å². The average molecular weight is 292 g/mol. The van der Waals surface area contributed by atoms with Gasteiger partial charge in [-0.05, 0) is 39.3 Å². The fourth-order valence-electron chi connectivity index (χ4n) is 3.20. The second-order valence-electron chi connectivity index (χ2n) is 6.04. The van der Waals surface area contributed by atoms with Crippen LogP contribution >= 0.6 is 0 Å². The van der Waals surface area contributed by atoms with Gasteiger partial charge in [0.05, 0.1) is 31.0 Å². The van der Waals surface area contributed by atoms with Crippen molar-refractivity contribution in [2.24, 2.45) is 0 Å². The van der Waals surface area contributed by atoms with Crippen LogP contribution in [0.4, 0.5) is 0 Å². The van der Waals surface area contributed by atoms with Gasteiger partial charge >= 0.3 is 0 Å². The molecule has 2 saturated heterocycles. The van der Waals surface area contributed by atoms with E-state index in [1.165, 1.54) is 0 Å². The van der Waals surface area contributed by atoms with Crippen LogP contribution in [0.15, 0.2) is 6.07 Å². The molecule has 1 aromatic rings. The molecular formula is C15H24N4O2. The van der Waals surface area contributed by atoms with Crippen molar-refractivity contribution in [3.63, 3.8) is 0 Å². The maximum absolute atomic E-state index is 12.5. The van der Waals surface area contributed by atoms with Gasteiger partial charge in [0.25, 0.3) is 0 Å². The Morgan fingerprint density at radius 3 is 3.05 bits per heavy atom. The third kappa shape index (κ3) is 3.27. The molecule has 0 radical (unpaired) electrons. The molecule has 0 bridgehead atoms. The molecule has 0 aromatic carbocycles. The molecule has 3 heterocycles. The zero-order chi connectivity index (χ0) is 14.8. The Morgan fingerprint density at radius 2 is 2.38 bits per heavy atom. The lowest BCUT2D eigenvalue weighted by Gasteiger charge is -2.34. The molecule has 2 fully saturated rings. The highest BCUT2D eigenvalue weighted by Crippen LogP contribution is 2.14. The molecule has 116 valence electrons. The summed E-state index contributed by atoms with van der Waals surface area (Å²) in [7, 11) is 0. The fraction of sp³-hybridized carbons (Fsp3) is 0.733. The zero-order valence-electron chi connectivity index (χ0n) is 12.8. The van der Waals surface area contributed by atoms with Gasteiger partial charge < -0.3 is 15.0 Å². The Labute approximate surface area is 125 Å². The van der Waals surface area contributed by atoms with Crippen LogP contribution in [0.1, 0.15) is 24.2 Å². The molecule has 0 aliphatic carbocycles. The van der Waals surface area contributed by atoms with Crippen molar-refractivity contribution in [2.75, 3.05) is 26.2 Å². The number of amides is 1. The summed E-state index contributed by atoms with van der Waals surface area (Å²) in [5.41, 5.74) is 2.16. The number of nitrogens with one attached hydrogen (secondary N) is 1. The number of carbonyl (C=O) groups is 1. The molecule has 1 N–H and O–H groups in total. The van der Waals surface area contributed by atoms with E-state index in [9.17, 15) is 4.79 Å². The van der Waals surface area contributed by atoms with E-state index in [0.717, 1.165) is 30.8 Å². The predicted octanol–water partition coefficient (Wildman–Crippen LogP) is 0.479. The first-order valence-electron chi connectivity index (χ1n) is 7.78. The van der Waals surface area contributed by atoms with Gasteiger partial charge in [0.15, 0.2) is 0 Å². The van der Waals surface area contributed by atoms with Gasteiger partial charge in [-0.1, -0.05) is 0 Å². The van der Waals surface area contributed by atoms with Crippen molar-refractivity contribution in [1.29, 1.82) is 0 Å². The third-order valence-corrected chi connectivity index (χ3v) is 4.29. The van der Waals surface area contributed by atoms with Crippen LogP contribution in [0, 0.1) is 13.8 Å². The SMILES string of the molecule is Cc1cc(C)n(CC2CN(C(=O)C3CCCN3)CCO2)n1. The standard InChI is InChI=1S/C15H24N4O2/c1-11-8-12(2)19(17-11)10-13-9-18(6-7-21-13)15(20)14-4-3-5-16-14/h8,13-14,16H,3-7,9-10H2,1-2H3. The summed E-state index contributed by atoms with van der Waals surface area (Å²) in [6.07, 6.45) is 2.08. The van der Waals surface area contributed by atoms with Gasteiger partial charge in [-0.15, -0.1) is 0 Å². The van der Waals surface area contributed by atoms with Gasteiger partial charge in [0, 0.05) is 18.8 Å².